The van der Waals surface area contributed by atoms with Crippen LogP contribution in [0.2, 0.25) is 5.02 Å². The second-order valence-corrected chi connectivity index (χ2v) is 8.15. The molecule has 1 aromatic carbocycles. The number of rotatable bonds is 3. The molecule has 1 fully saturated rings. The summed E-state index contributed by atoms with van der Waals surface area (Å²) in [5, 5.41) is 0.409. The average Bonchev–Trinajstić information content (AvgIpc) is 2.71. The molecule has 1 aliphatic heterocycles. The Morgan fingerprint density at radius 2 is 2.05 bits per heavy atom. The number of hydrogen-bond acceptors (Lipinski definition) is 3. The molecule has 2 N–H and O–H groups in total. The molecule has 0 unspecified atom stereocenters. The molecule has 112 valence electrons. The standard InChI is InChI=1S/C14H21ClN2O2S/c1-10-11(9-16)7-12(15)8-13(10)20(18,19)17-6-4-5-14(17,2)3/h7-8H,4-6,9,16H2,1-3H3. The zero-order chi connectivity index (χ0) is 15.1. The van der Waals surface area contributed by atoms with Gasteiger partial charge in [0.2, 0.25) is 10.0 Å². The number of sulfonamides is 1. The maximum absolute atomic E-state index is 12.9. The van der Waals surface area contributed by atoms with Gasteiger partial charge < -0.3 is 5.73 Å². The van der Waals surface area contributed by atoms with Gasteiger partial charge in [-0.3, -0.25) is 0 Å². The highest BCUT2D eigenvalue weighted by atomic mass is 35.5. The third-order valence-electron chi connectivity index (χ3n) is 4.05. The minimum Gasteiger partial charge on any atom is -0.326 e. The second kappa shape index (κ2) is 5.30. The zero-order valence-corrected chi connectivity index (χ0v) is 13.7. The van der Waals surface area contributed by atoms with Crippen LogP contribution in [0.15, 0.2) is 17.0 Å². The van der Waals surface area contributed by atoms with E-state index in [2.05, 4.69) is 0 Å². The maximum Gasteiger partial charge on any atom is 0.243 e. The van der Waals surface area contributed by atoms with Gasteiger partial charge >= 0.3 is 0 Å². The Bertz CT molecular complexity index is 626. The van der Waals surface area contributed by atoms with Crippen molar-refractivity contribution in [3.05, 3.63) is 28.3 Å². The summed E-state index contributed by atoms with van der Waals surface area (Å²) in [6.45, 7) is 6.54. The SMILES string of the molecule is Cc1c(CN)cc(Cl)cc1S(=O)(=O)N1CCCC1(C)C. The lowest BCUT2D eigenvalue weighted by Gasteiger charge is -2.31. The first-order valence-electron chi connectivity index (χ1n) is 6.72. The number of hydrogen-bond donors (Lipinski definition) is 1. The molecule has 1 heterocycles. The summed E-state index contributed by atoms with van der Waals surface area (Å²) in [6.07, 6.45) is 1.76. The molecular weight excluding hydrogens is 296 g/mol. The molecule has 0 atom stereocenters. The normalized spacial score (nSPS) is 19.4. The summed E-state index contributed by atoms with van der Waals surface area (Å²) in [5.41, 5.74) is 6.79. The van der Waals surface area contributed by atoms with Crippen LogP contribution in [0.4, 0.5) is 0 Å². The second-order valence-electron chi connectivity index (χ2n) is 5.89. The monoisotopic (exact) mass is 316 g/mol. The Morgan fingerprint density at radius 3 is 2.55 bits per heavy atom. The quantitative estimate of drug-likeness (QED) is 0.932. The van der Waals surface area contributed by atoms with Gasteiger partial charge in [-0.05, 0) is 56.9 Å². The van der Waals surface area contributed by atoms with Crippen LogP contribution < -0.4 is 5.73 Å². The molecule has 20 heavy (non-hydrogen) atoms. The Hall–Kier alpha value is -0.620. The van der Waals surface area contributed by atoms with Crippen molar-refractivity contribution in [3.8, 4) is 0 Å². The fourth-order valence-electron chi connectivity index (χ4n) is 2.83. The van der Waals surface area contributed by atoms with Crippen LogP contribution in [-0.4, -0.2) is 24.8 Å². The number of benzene rings is 1. The van der Waals surface area contributed by atoms with E-state index in [0.29, 0.717) is 17.1 Å². The van der Waals surface area contributed by atoms with Crippen molar-refractivity contribution < 1.29 is 8.42 Å². The van der Waals surface area contributed by atoms with Crippen LogP contribution in [0.3, 0.4) is 0 Å². The van der Waals surface area contributed by atoms with Crippen LogP contribution in [-0.2, 0) is 16.6 Å². The number of nitrogens with zero attached hydrogens (tertiary/aromatic N) is 1. The molecule has 0 saturated carbocycles. The van der Waals surface area contributed by atoms with E-state index >= 15 is 0 Å². The molecule has 0 amide bonds. The Labute approximate surface area is 126 Å². The van der Waals surface area contributed by atoms with Gasteiger partial charge in [-0.25, -0.2) is 8.42 Å². The molecule has 0 radical (unpaired) electrons. The molecule has 2 rings (SSSR count). The first kappa shape index (κ1) is 15.8. The summed E-state index contributed by atoms with van der Waals surface area (Å²) in [6, 6.07) is 3.25. The maximum atomic E-state index is 12.9. The first-order valence-corrected chi connectivity index (χ1v) is 8.54. The van der Waals surface area contributed by atoms with Crippen LogP contribution in [0.1, 0.15) is 37.8 Å². The molecule has 0 spiro atoms. The predicted molar refractivity (Wildman–Crippen MR) is 81.3 cm³/mol. The molecule has 0 aromatic heterocycles. The average molecular weight is 317 g/mol. The van der Waals surface area contributed by atoms with Gasteiger partial charge in [-0.2, -0.15) is 4.31 Å². The van der Waals surface area contributed by atoms with Crippen molar-refractivity contribution >= 4 is 21.6 Å². The fraction of sp³-hybridized carbons (Fsp3) is 0.571. The van der Waals surface area contributed by atoms with Gasteiger partial charge in [-0.1, -0.05) is 11.6 Å². The minimum atomic E-state index is -3.54. The minimum absolute atomic E-state index is 0.276. The highest BCUT2D eigenvalue weighted by Crippen LogP contribution is 2.36. The van der Waals surface area contributed by atoms with Gasteiger partial charge in [0.05, 0.1) is 4.90 Å². The van der Waals surface area contributed by atoms with Gasteiger partial charge in [0.25, 0.3) is 0 Å². The summed E-state index contributed by atoms with van der Waals surface area (Å²) >= 11 is 6.05. The molecule has 4 nitrogen and oxygen atoms in total. The zero-order valence-electron chi connectivity index (χ0n) is 12.1. The molecule has 6 heteroatoms. The van der Waals surface area contributed by atoms with Crippen molar-refractivity contribution in [1.29, 1.82) is 0 Å². The molecule has 1 aromatic rings. The van der Waals surface area contributed by atoms with Gasteiger partial charge in [0.15, 0.2) is 0 Å². The molecule has 1 saturated heterocycles. The topological polar surface area (TPSA) is 63.4 Å². The van der Waals surface area contributed by atoms with E-state index in [1.165, 1.54) is 6.07 Å². The highest BCUT2D eigenvalue weighted by Gasteiger charge is 2.41. The van der Waals surface area contributed by atoms with Crippen molar-refractivity contribution in [3.63, 3.8) is 0 Å². The van der Waals surface area contributed by atoms with Crippen molar-refractivity contribution in [1.82, 2.24) is 4.31 Å². The lowest BCUT2D eigenvalue weighted by Crippen LogP contribution is -2.42. The van der Waals surface area contributed by atoms with E-state index in [-0.39, 0.29) is 17.0 Å². The van der Waals surface area contributed by atoms with Gasteiger partial charge in [-0.15, -0.1) is 0 Å². The van der Waals surface area contributed by atoms with Crippen LogP contribution in [0, 0.1) is 6.92 Å². The van der Waals surface area contributed by atoms with E-state index < -0.39 is 10.0 Å². The van der Waals surface area contributed by atoms with E-state index in [1.807, 2.05) is 13.8 Å². The van der Waals surface area contributed by atoms with Crippen molar-refractivity contribution in [2.75, 3.05) is 6.54 Å². The summed E-state index contributed by atoms with van der Waals surface area (Å²) in [7, 11) is -3.54. The van der Waals surface area contributed by atoms with Crippen molar-refractivity contribution in [2.45, 2.75) is 50.6 Å². The molecule has 0 bridgehead atoms. The smallest absolute Gasteiger partial charge is 0.243 e. The lowest BCUT2D eigenvalue weighted by atomic mass is 10.0. The van der Waals surface area contributed by atoms with Gasteiger partial charge in [0, 0.05) is 23.7 Å². The van der Waals surface area contributed by atoms with Crippen LogP contribution in [0.5, 0.6) is 0 Å². The predicted octanol–water partition coefficient (Wildman–Crippen LogP) is 2.67. The van der Waals surface area contributed by atoms with Gasteiger partial charge in [0.1, 0.15) is 0 Å². The number of halogens is 1. The Kier molecular flexibility index (Phi) is 4.17. The Balaban J connectivity index is 2.58. The summed E-state index contributed by atoms with van der Waals surface area (Å²) in [5.74, 6) is 0. The van der Waals surface area contributed by atoms with E-state index in [9.17, 15) is 8.42 Å². The van der Waals surface area contributed by atoms with Crippen LogP contribution >= 0.6 is 11.6 Å². The third kappa shape index (κ3) is 2.60. The fourth-order valence-corrected chi connectivity index (χ4v) is 5.28. The van der Waals surface area contributed by atoms with E-state index in [4.69, 9.17) is 17.3 Å². The summed E-state index contributed by atoms with van der Waals surface area (Å²) < 4.78 is 27.4. The largest absolute Gasteiger partial charge is 0.326 e. The molecule has 0 aliphatic carbocycles. The molecular formula is C14H21ClN2O2S. The van der Waals surface area contributed by atoms with E-state index in [1.54, 1.807) is 17.3 Å². The highest BCUT2D eigenvalue weighted by molar-refractivity contribution is 7.89. The van der Waals surface area contributed by atoms with Crippen molar-refractivity contribution in [2.24, 2.45) is 5.73 Å². The summed E-state index contributed by atoms with van der Waals surface area (Å²) in [4.78, 5) is 0.278. The lowest BCUT2D eigenvalue weighted by molar-refractivity contribution is 0.291. The Morgan fingerprint density at radius 1 is 1.40 bits per heavy atom. The van der Waals surface area contributed by atoms with Crippen LogP contribution in [0.25, 0.3) is 0 Å². The third-order valence-corrected chi connectivity index (χ3v) is 6.50. The van der Waals surface area contributed by atoms with E-state index in [0.717, 1.165) is 18.4 Å². The molecule has 1 aliphatic rings. The first-order chi connectivity index (χ1) is 9.20. The number of nitrogens with two attached hydrogens (primary N) is 1.